The van der Waals surface area contributed by atoms with E-state index in [1.807, 2.05) is 33.5 Å². The second-order valence-corrected chi connectivity index (χ2v) is 14.4. The Hall–Kier alpha value is -1.59. The van der Waals surface area contributed by atoms with Crippen LogP contribution in [-0.2, 0) is 35.1 Å². The molecule has 0 spiro atoms. The fourth-order valence-electron chi connectivity index (χ4n) is 5.43. The second-order valence-electron chi connectivity index (χ2n) is 12.6. The van der Waals surface area contributed by atoms with E-state index in [2.05, 4.69) is 85.7 Å². The molecule has 0 amide bonds. The molecule has 1 aliphatic rings. The maximum Gasteiger partial charge on any atom is -0.172 e. The zero-order valence-corrected chi connectivity index (χ0v) is 26.5. The molecule has 1 heteroatoms. The van der Waals surface area contributed by atoms with Gasteiger partial charge in [-0.3, -0.25) is 0 Å². The molecule has 190 valence electrons. The molecule has 36 heavy (non-hydrogen) atoms. The van der Waals surface area contributed by atoms with Crippen LogP contribution in [-0.4, -0.2) is 3.21 Å². The van der Waals surface area contributed by atoms with Gasteiger partial charge in [0.1, 0.15) is 0 Å². The van der Waals surface area contributed by atoms with Gasteiger partial charge in [0.15, 0.2) is 0 Å². The van der Waals surface area contributed by atoms with E-state index >= 15 is 0 Å². The van der Waals surface area contributed by atoms with E-state index in [1.54, 1.807) is 24.2 Å². The van der Waals surface area contributed by atoms with E-state index in [-0.39, 0.29) is 10.8 Å². The van der Waals surface area contributed by atoms with Crippen LogP contribution in [0.2, 0.25) is 0 Å². The molecule has 0 nitrogen and oxygen atoms in total. The molecule has 0 N–H and O–H groups in total. The van der Waals surface area contributed by atoms with Gasteiger partial charge in [0.05, 0.1) is 0 Å². The number of hydrogen-bond acceptors (Lipinski definition) is 0. The van der Waals surface area contributed by atoms with Crippen molar-refractivity contribution >= 4 is 24.8 Å². The van der Waals surface area contributed by atoms with Gasteiger partial charge in [0, 0.05) is 0 Å². The van der Waals surface area contributed by atoms with Crippen LogP contribution in [0, 0.1) is 13.8 Å². The first-order valence-corrected chi connectivity index (χ1v) is 15.0. The van der Waals surface area contributed by atoms with Crippen LogP contribution in [0.4, 0.5) is 0 Å². The zero-order chi connectivity index (χ0) is 26.5. The third kappa shape index (κ3) is 7.71. The summed E-state index contributed by atoms with van der Waals surface area (Å²) >= 11 is 1.69. The van der Waals surface area contributed by atoms with Gasteiger partial charge in [-0.1, -0.05) is 75.9 Å². The maximum atomic E-state index is 2.43. The first-order valence-electron chi connectivity index (χ1n) is 13.8. The fraction of sp³-hybridized carbons (Fsp3) is 0.457. The third-order valence-corrected chi connectivity index (χ3v) is 8.50. The molecule has 5 rings (SSSR count). The minimum absolute atomic E-state index is 0.180. The smallest absolute Gasteiger partial charge is 0.172 e. The molecule has 1 aliphatic carbocycles. The molecule has 4 aromatic rings. The normalized spacial score (nSPS) is 14.7. The second kappa shape index (κ2) is 12.3. The Morgan fingerprint density at radius 3 is 1.39 bits per heavy atom. The summed E-state index contributed by atoms with van der Waals surface area (Å²) in [5, 5.41) is 5.55. The Labute approximate surface area is 235 Å². The van der Waals surface area contributed by atoms with Gasteiger partial charge in [-0.25, -0.2) is 12.1 Å². The predicted molar refractivity (Wildman–Crippen MR) is 159 cm³/mol. The van der Waals surface area contributed by atoms with Crippen LogP contribution in [0.25, 0.3) is 21.5 Å². The van der Waals surface area contributed by atoms with Crippen molar-refractivity contribution in [1.29, 1.82) is 0 Å². The molecule has 0 bridgehead atoms. The Morgan fingerprint density at radius 2 is 1.06 bits per heavy atom. The van der Waals surface area contributed by atoms with E-state index in [0.29, 0.717) is 0 Å². The monoisotopic (exact) mass is 556 g/mol. The van der Waals surface area contributed by atoms with Gasteiger partial charge >= 0.3 is 66.0 Å². The van der Waals surface area contributed by atoms with Crippen molar-refractivity contribution in [3.8, 4) is 0 Å². The number of fused-ring (bicyclic) bond motifs is 3. The van der Waals surface area contributed by atoms with Crippen molar-refractivity contribution in [2.45, 2.75) is 105 Å². The maximum absolute atomic E-state index is 2.43. The Morgan fingerprint density at radius 1 is 0.639 bits per heavy atom. The van der Waals surface area contributed by atoms with E-state index in [9.17, 15) is 0 Å². The third-order valence-electron chi connectivity index (χ3n) is 7.27. The van der Waals surface area contributed by atoms with E-state index < -0.39 is 0 Å². The summed E-state index contributed by atoms with van der Waals surface area (Å²) in [6, 6.07) is 21.9. The SMILES string of the molecule is Cc1cc2[cH-]c3cc(C)c(C(C)(C)C)cc3c2cc1C(C)(C)C.[Zr+2]=[C]1CCCCCC1.c1cc[cH-]c1. The summed E-state index contributed by atoms with van der Waals surface area (Å²) in [5.74, 6) is 0. The van der Waals surface area contributed by atoms with Crippen LogP contribution in [0.5, 0.6) is 0 Å². The van der Waals surface area contributed by atoms with Gasteiger partial charge in [-0.05, 0) is 24.7 Å². The number of benzene rings is 2. The molecule has 0 radical (unpaired) electrons. The van der Waals surface area contributed by atoms with E-state index in [1.165, 1.54) is 82.3 Å². The van der Waals surface area contributed by atoms with Crippen molar-refractivity contribution in [1.82, 2.24) is 0 Å². The average Bonchev–Trinajstić information content (AvgIpc) is 3.39. The minimum Gasteiger partial charge on any atom is -0.214 e. The molecule has 1 saturated carbocycles. The summed E-state index contributed by atoms with van der Waals surface area (Å²) in [6.07, 6.45) is 8.80. The number of aryl methyl sites for hydroxylation is 2. The van der Waals surface area contributed by atoms with Crippen LogP contribution < -0.4 is 0 Å². The molecular formula is C35H46Zr. The van der Waals surface area contributed by atoms with E-state index in [0.717, 1.165) is 0 Å². The quantitative estimate of drug-likeness (QED) is 0.149. The van der Waals surface area contributed by atoms with Gasteiger partial charge < -0.3 is 0 Å². The molecule has 0 atom stereocenters. The summed E-state index contributed by atoms with van der Waals surface area (Å²) < 4.78 is 1.81. The van der Waals surface area contributed by atoms with Crippen LogP contribution in [0.15, 0.2) is 60.7 Å². The molecule has 1 fully saturated rings. The van der Waals surface area contributed by atoms with Crippen molar-refractivity contribution in [2.24, 2.45) is 0 Å². The first kappa shape index (κ1) is 29.0. The number of hydrogen-bond donors (Lipinski definition) is 0. The van der Waals surface area contributed by atoms with Crippen LogP contribution in [0.1, 0.15) is 102 Å². The average molecular weight is 558 g/mol. The van der Waals surface area contributed by atoms with Crippen LogP contribution >= 0.6 is 0 Å². The Balaban J connectivity index is 0.000000225. The first-order chi connectivity index (χ1) is 16.9. The fourth-order valence-corrected chi connectivity index (χ4v) is 6.29. The molecule has 4 aromatic carbocycles. The van der Waals surface area contributed by atoms with Crippen molar-refractivity contribution in [3.63, 3.8) is 0 Å². The van der Waals surface area contributed by atoms with Gasteiger partial charge in [-0.2, -0.15) is 18.2 Å². The number of rotatable bonds is 0. The summed E-state index contributed by atoms with van der Waals surface area (Å²) in [4.78, 5) is 0. The Bertz CT molecular complexity index is 1170. The summed E-state index contributed by atoms with van der Waals surface area (Å²) in [7, 11) is 0. The molecular weight excluding hydrogens is 512 g/mol. The van der Waals surface area contributed by atoms with Crippen molar-refractivity contribution in [2.75, 3.05) is 0 Å². The molecule has 0 heterocycles. The minimum atomic E-state index is 0.180. The van der Waals surface area contributed by atoms with Crippen molar-refractivity contribution in [3.05, 3.63) is 82.9 Å². The Kier molecular flexibility index (Phi) is 9.90. The zero-order valence-electron chi connectivity index (χ0n) is 24.0. The molecule has 0 aromatic heterocycles. The predicted octanol–water partition coefficient (Wildman–Crippen LogP) is 10.4. The van der Waals surface area contributed by atoms with Gasteiger partial charge in [0.25, 0.3) is 0 Å². The summed E-state index contributed by atoms with van der Waals surface area (Å²) in [5.41, 5.74) is 6.06. The van der Waals surface area contributed by atoms with Crippen molar-refractivity contribution < 1.29 is 24.2 Å². The van der Waals surface area contributed by atoms with Crippen LogP contribution in [0.3, 0.4) is 0 Å². The van der Waals surface area contributed by atoms with Gasteiger partial charge in [0.2, 0.25) is 0 Å². The molecule has 0 saturated heterocycles. The van der Waals surface area contributed by atoms with Gasteiger partial charge in [-0.15, -0.1) is 39.7 Å². The summed E-state index contributed by atoms with van der Waals surface area (Å²) in [6.45, 7) is 18.3. The van der Waals surface area contributed by atoms with E-state index in [4.69, 9.17) is 0 Å². The largest absolute Gasteiger partial charge is 0.214 e. The topological polar surface area (TPSA) is 0 Å². The standard InChI is InChI=1S/C23H29.C7H12.C5H5.Zr/c1-14-9-16-11-17-10-15(2)21(23(6,7)8)13-19(17)18(16)12-20(14)22(3,4)5;1-2-4-6-7-5-3-1;1-2-4-5-3-1;/h9-13H,1-8H3;1-6H2;1-5H;/q-1;;-1;+2. The molecule has 0 unspecified atom stereocenters. The molecule has 0 aliphatic heterocycles.